The molecule has 1 aromatic heterocycles. The number of hydrogen-bond donors (Lipinski definition) is 2. The molecule has 0 amide bonds. The van der Waals surface area contributed by atoms with Gasteiger partial charge in [0.25, 0.3) is 0 Å². The third-order valence-electron chi connectivity index (χ3n) is 2.00. The quantitative estimate of drug-likeness (QED) is 0.535. The Morgan fingerprint density at radius 2 is 2.25 bits per heavy atom. The van der Waals surface area contributed by atoms with Crippen molar-refractivity contribution in [2.24, 2.45) is 0 Å². The molecule has 0 aromatic carbocycles. The van der Waals surface area contributed by atoms with Crippen LogP contribution in [0.3, 0.4) is 0 Å². The molecule has 16 heavy (non-hydrogen) atoms. The second-order valence-corrected chi connectivity index (χ2v) is 3.71. The molecule has 0 unspecified atom stereocenters. The van der Waals surface area contributed by atoms with Crippen LogP contribution in [0.1, 0.15) is 6.42 Å². The highest BCUT2D eigenvalue weighted by molar-refractivity contribution is 7.80. The molecule has 1 aromatic rings. The Bertz CT molecular complexity index is 289. The zero-order chi connectivity index (χ0) is 11.6. The van der Waals surface area contributed by atoms with E-state index in [9.17, 15) is 0 Å². The summed E-state index contributed by atoms with van der Waals surface area (Å²) in [6.07, 6.45) is 4.73. The summed E-state index contributed by atoms with van der Waals surface area (Å²) in [6.45, 7) is 3.15. The number of aromatic nitrogens is 2. The maximum Gasteiger partial charge on any atom is 0.166 e. The average molecular weight is 242 g/mol. The molecule has 0 atom stereocenters. The van der Waals surface area contributed by atoms with Gasteiger partial charge in [-0.3, -0.25) is 4.68 Å². The highest BCUT2D eigenvalue weighted by Gasteiger charge is 1.94. The van der Waals surface area contributed by atoms with Gasteiger partial charge in [-0.1, -0.05) is 0 Å². The largest absolute Gasteiger partial charge is 0.383 e. The first-order valence-corrected chi connectivity index (χ1v) is 5.72. The van der Waals surface area contributed by atoms with Gasteiger partial charge in [0, 0.05) is 39.1 Å². The molecular weight excluding hydrogens is 224 g/mol. The Hall–Kier alpha value is -1.14. The molecule has 0 radical (unpaired) electrons. The van der Waals surface area contributed by atoms with E-state index in [1.54, 1.807) is 13.3 Å². The SMILES string of the molecule is COCCNC(=S)NCCCn1cccn1. The molecule has 1 heterocycles. The van der Waals surface area contributed by atoms with Gasteiger partial charge < -0.3 is 15.4 Å². The summed E-state index contributed by atoms with van der Waals surface area (Å²) in [5.41, 5.74) is 0. The van der Waals surface area contributed by atoms with Crippen LogP contribution < -0.4 is 10.6 Å². The van der Waals surface area contributed by atoms with Crippen molar-refractivity contribution in [3.8, 4) is 0 Å². The molecular formula is C10H18N4OS. The topological polar surface area (TPSA) is 51.1 Å². The number of aryl methyl sites for hydroxylation is 1. The normalized spacial score (nSPS) is 10.1. The molecule has 2 N–H and O–H groups in total. The minimum atomic E-state index is 0.662. The summed E-state index contributed by atoms with van der Waals surface area (Å²) in [5, 5.41) is 11.0. The molecule has 0 fully saturated rings. The van der Waals surface area contributed by atoms with Crippen molar-refractivity contribution >= 4 is 17.3 Å². The van der Waals surface area contributed by atoms with Crippen LogP contribution in [0.25, 0.3) is 0 Å². The van der Waals surface area contributed by atoms with E-state index in [0.717, 1.165) is 26.1 Å². The predicted octanol–water partition coefficient (Wildman–Crippen LogP) is 0.384. The zero-order valence-corrected chi connectivity index (χ0v) is 10.3. The highest BCUT2D eigenvalue weighted by Crippen LogP contribution is 1.87. The van der Waals surface area contributed by atoms with Crippen molar-refractivity contribution in [2.45, 2.75) is 13.0 Å². The van der Waals surface area contributed by atoms with E-state index in [1.807, 2.05) is 16.9 Å². The Morgan fingerprint density at radius 3 is 2.94 bits per heavy atom. The van der Waals surface area contributed by atoms with Crippen LogP contribution in [0.5, 0.6) is 0 Å². The first-order chi connectivity index (χ1) is 7.83. The zero-order valence-electron chi connectivity index (χ0n) is 9.48. The lowest BCUT2D eigenvalue weighted by atomic mass is 10.4. The van der Waals surface area contributed by atoms with Crippen molar-refractivity contribution < 1.29 is 4.74 Å². The van der Waals surface area contributed by atoms with E-state index in [4.69, 9.17) is 17.0 Å². The van der Waals surface area contributed by atoms with Crippen LogP contribution in [0.15, 0.2) is 18.5 Å². The van der Waals surface area contributed by atoms with E-state index in [-0.39, 0.29) is 0 Å². The van der Waals surface area contributed by atoms with Crippen molar-refractivity contribution in [3.63, 3.8) is 0 Å². The summed E-state index contributed by atoms with van der Waals surface area (Å²) >= 11 is 5.08. The molecule has 90 valence electrons. The first-order valence-electron chi connectivity index (χ1n) is 5.31. The second kappa shape index (κ2) is 8.06. The number of methoxy groups -OCH3 is 1. The van der Waals surface area contributed by atoms with Gasteiger partial charge in [0.05, 0.1) is 6.61 Å². The Balaban J connectivity index is 1.96. The van der Waals surface area contributed by atoms with Gasteiger partial charge in [0.15, 0.2) is 5.11 Å². The third-order valence-corrected chi connectivity index (χ3v) is 2.29. The number of nitrogens with zero attached hydrogens (tertiary/aromatic N) is 2. The van der Waals surface area contributed by atoms with E-state index in [0.29, 0.717) is 11.7 Å². The molecule has 0 saturated heterocycles. The Kier molecular flexibility index (Phi) is 6.52. The van der Waals surface area contributed by atoms with Crippen LogP contribution in [0, 0.1) is 0 Å². The van der Waals surface area contributed by atoms with Gasteiger partial charge in [-0.15, -0.1) is 0 Å². The van der Waals surface area contributed by atoms with Crippen LogP contribution >= 0.6 is 12.2 Å². The lowest BCUT2D eigenvalue weighted by Crippen LogP contribution is -2.37. The van der Waals surface area contributed by atoms with Gasteiger partial charge in [-0.05, 0) is 24.7 Å². The highest BCUT2D eigenvalue weighted by atomic mass is 32.1. The fraction of sp³-hybridized carbons (Fsp3) is 0.600. The standard InChI is InChI=1S/C10H18N4OS/c1-15-9-6-12-10(16)11-4-2-7-14-8-3-5-13-14/h3,5,8H,2,4,6-7,9H2,1H3,(H2,11,12,16). The van der Waals surface area contributed by atoms with Gasteiger partial charge >= 0.3 is 0 Å². The molecule has 0 aliphatic carbocycles. The van der Waals surface area contributed by atoms with Crippen molar-refractivity contribution in [2.75, 3.05) is 26.8 Å². The lowest BCUT2D eigenvalue weighted by Gasteiger charge is -2.09. The summed E-state index contributed by atoms with van der Waals surface area (Å²) in [5.74, 6) is 0. The number of hydrogen-bond acceptors (Lipinski definition) is 3. The number of nitrogens with one attached hydrogen (secondary N) is 2. The number of thiocarbonyl (C=S) groups is 1. The van der Waals surface area contributed by atoms with Crippen LogP contribution in [0.4, 0.5) is 0 Å². The van der Waals surface area contributed by atoms with Crippen molar-refractivity contribution in [1.82, 2.24) is 20.4 Å². The minimum Gasteiger partial charge on any atom is -0.383 e. The third kappa shape index (κ3) is 5.67. The summed E-state index contributed by atoms with van der Waals surface area (Å²) in [6, 6.07) is 1.92. The molecule has 6 heteroatoms. The van der Waals surface area contributed by atoms with Gasteiger partial charge in [0.2, 0.25) is 0 Å². The maximum absolute atomic E-state index is 5.08. The van der Waals surface area contributed by atoms with Gasteiger partial charge in [-0.2, -0.15) is 5.10 Å². The smallest absolute Gasteiger partial charge is 0.166 e. The molecule has 0 spiro atoms. The molecule has 0 aliphatic rings. The summed E-state index contributed by atoms with van der Waals surface area (Å²) in [7, 11) is 1.67. The van der Waals surface area contributed by atoms with Crippen LogP contribution in [0.2, 0.25) is 0 Å². The summed E-state index contributed by atoms with van der Waals surface area (Å²) in [4.78, 5) is 0. The molecule has 0 aliphatic heterocycles. The molecule has 5 nitrogen and oxygen atoms in total. The predicted molar refractivity (Wildman–Crippen MR) is 67.3 cm³/mol. The Labute approximate surface area is 101 Å². The minimum absolute atomic E-state index is 0.662. The molecule has 1 rings (SSSR count). The average Bonchev–Trinajstić information content (AvgIpc) is 2.78. The Morgan fingerprint density at radius 1 is 1.44 bits per heavy atom. The first kappa shape index (κ1) is 12.9. The monoisotopic (exact) mass is 242 g/mol. The lowest BCUT2D eigenvalue weighted by molar-refractivity contribution is 0.204. The number of rotatable bonds is 7. The van der Waals surface area contributed by atoms with E-state index in [1.165, 1.54) is 0 Å². The fourth-order valence-electron chi connectivity index (χ4n) is 1.20. The van der Waals surface area contributed by atoms with Gasteiger partial charge in [0.1, 0.15) is 0 Å². The second-order valence-electron chi connectivity index (χ2n) is 3.30. The van der Waals surface area contributed by atoms with Crippen molar-refractivity contribution in [3.05, 3.63) is 18.5 Å². The maximum atomic E-state index is 5.08. The fourth-order valence-corrected chi connectivity index (χ4v) is 1.41. The van der Waals surface area contributed by atoms with Crippen molar-refractivity contribution in [1.29, 1.82) is 0 Å². The van der Waals surface area contributed by atoms with Crippen LogP contribution in [-0.4, -0.2) is 41.7 Å². The van der Waals surface area contributed by atoms with E-state index >= 15 is 0 Å². The van der Waals surface area contributed by atoms with E-state index in [2.05, 4.69) is 15.7 Å². The summed E-state index contributed by atoms with van der Waals surface area (Å²) < 4.78 is 6.81. The number of ether oxygens (including phenoxy) is 1. The molecule has 0 saturated carbocycles. The van der Waals surface area contributed by atoms with E-state index < -0.39 is 0 Å². The molecule has 0 bridgehead atoms. The van der Waals surface area contributed by atoms with Crippen LogP contribution in [-0.2, 0) is 11.3 Å². The van der Waals surface area contributed by atoms with Gasteiger partial charge in [-0.25, -0.2) is 0 Å².